The molecular weight excluding hydrogens is 697 g/mol. The fraction of sp³-hybridized carbons (Fsp3) is 0.212. The number of sulfonamides is 1. The molecule has 16 heteroatoms. The number of para-hydroxylation sites is 1. The van der Waals surface area contributed by atoms with E-state index >= 15 is 8.78 Å². The number of nitrogens with one attached hydrogen (secondary N) is 2. The number of nitrogens with zero attached hydrogens (tertiary/aromatic N) is 6. The Morgan fingerprint density at radius 3 is 2.47 bits per heavy atom. The number of anilines is 4. The second kappa shape index (κ2) is 12.1. The summed E-state index contributed by atoms with van der Waals surface area (Å²) < 4.78 is 61.0. The molecule has 3 N–H and O–H groups in total. The van der Waals surface area contributed by atoms with Crippen molar-refractivity contribution < 1.29 is 22.3 Å². The van der Waals surface area contributed by atoms with Crippen LogP contribution in [0.25, 0.3) is 27.9 Å². The van der Waals surface area contributed by atoms with E-state index in [1.165, 1.54) is 24.5 Å². The summed E-state index contributed by atoms with van der Waals surface area (Å²) in [5.41, 5.74) is 2.00. The number of halogens is 4. The van der Waals surface area contributed by atoms with Crippen molar-refractivity contribution >= 4 is 78.2 Å². The SMILES string of the molecule is O=S(=O)(Nc1ccc(F)c(Nc2ncnc3ccc(-n4cnc5c(N6[C@@H]7CC[C@H]6CC(O)C7)cccc54)nc23)c1F)c1cccc(Cl)c1Cl. The van der Waals surface area contributed by atoms with Crippen LogP contribution in [0.4, 0.5) is 31.7 Å². The lowest BCUT2D eigenvalue weighted by Gasteiger charge is -2.39. The van der Waals surface area contributed by atoms with Gasteiger partial charge in [-0.05, 0) is 74.2 Å². The maximum Gasteiger partial charge on any atom is 0.263 e. The molecule has 2 bridgehead atoms. The molecule has 2 saturated heterocycles. The minimum Gasteiger partial charge on any atom is -0.393 e. The van der Waals surface area contributed by atoms with Crippen LogP contribution < -0.4 is 14.9 Å². The summed E-state index contributed by atoms with van der Waals surface area (Å²) in [4.78, 5) is 20.0. The molecule has 3 atom stereocenters. The molecule has 0 saturated carbocycles. The smallest absolute Gasteiger partial charge is 0.263 e. The maximum atomic E-state index is 15.8. The van der Waals surface area contributed by atoms with E-state index in [0.717, 1.165) is 54.5 Å². The summed E-state index contributed by atoms with van der Waals surface area (Å²) in [7, 11) is -4.41. The monoisotopic (exact) mass is 722 g/mol. The van der Waals surface area contributed by atoms with E-state index in [4.69, 9.17) is 33.2 Å². The van der Waals surface area contributed by atoms with Crippen molar-refractivity contribution in [1.29, 1.82) is 0 Å². The molecule has 0 spiro atoms. The van der Waals surface area contributed by atoms with Gasteiger partial charge >= 0.3 is 0 Å². The fourth-order valence-corrected chi connectivity index (χ4v) is 8.69. The van der Waals surface area contributed by atoms with Gasteiger partial charge in [-0.1, -0.05) is 35.3 Å². The first-order chi connectivity index (χ1) is 23.6. The Hall–Kier alpha value is -4.63. The Kier molecular flexibility index (Phi) is 7.78. The van der Waals surface area contributed by atoms with Gasteiger partial charge in [0.2, 0.25) is 0 Å². The van der Waals surface area contributed by atoms with Crippen LogP contribution in [-0.4, -0.2) is 56.2 Å². The Morgan fingerprint density at radius 1 is 0.898 bits per heavy atom. The van der Waals surface area contributed by atoms with Crippen LogP contribution in [0.2, 0.25) is 10.0 Å². The van der Waals surface area contributed by atoms with Crippen LogP contribution in [0.5, 0.6) is 0 Å². The van der Waals surface area contributed by atoms with E-state index in [9.17, 15) is 13.5 Å². The van der Waals surface area contributed by atoms with Crippen molar-refractivity contribution in [2.75, 3.05) is 14.9 Å². The van der Waals surface area contributed by atoms with Crippen molar-refractivity contribution in [3.05, 3.63) is 95.0 Å². The molecule has 3 aromatic carbocycles. The highest BCUT2D eigenvalue weighted by Gasteiger charge is 2.41. The Bertz CT molecular complexity index is 2380. The molecule has 1 unspecified atom stereocenters. The third kappa shape index (κ3) is 5.48. The summed E-state index contributed by atoms with van der Waals surface area (Å²) in [6.07, 6.45) is 6.09. The minimum absolute atomic E-state index is 0.00671. The lowest BCUT2D eigenvalue weighted by Crippen LogP contribution is -2.44. The number of piperidine rings is 1. The molecule has 0 amide bonds. The predicted octanol–water partition coefficient (Wildman–Crippen LogP) is 6.99. The third-order valence-electron chi connectivity index (χ3n) is 9.04. The molecule has 0 radical (unpaired) electrons. The molecule has 0 aliphatic carbocycles. The highest BCUT2D eigenvalue weighted by molar-refractivity contribution is 7.92. The molecule has 49 heavy (non-hydrogen) atoms. The molecule has 250 valence electrons. The Morgan fingerprint density at radius 2 is 1.67 bits per heavy atom. The van der Waals surface area contributed by atoms with Gasteiger partial charge in [0.05, 0.1) is 38.6 Å². The molecule has 3 aromatic heterocycles. The van der Waals surface area contributed by atoms with E-state index in [0.29, 0.717) is 11.3 Å². The van der Waals surface area contributed by atoms with Crippen molar-refractivity contribution in [1.82, 2.24) is 24.5 Å². The van der Waals surface area contributed by atoms with Gasteiger partial charge in [-0.2, -0.15) is 0 Å². The van der Waals surface area contributed by atoms with Gasteiger partial charge in [0.15, 0.2) is 11.6 Å². The first-order valence-corrected chi connectivity index (χ1v) is 17.6. The normalized spacial score (nSPS) is 19.1. The second-order valence-corrected chi connectivity index (χ2v) is 14.4. The lowest BCUT2D eigenvalue weighted by molar-refractivity contribution is 0.126. The summed E-state index contributed by atoms with van der Waals surface area (Å²) in [6, 6.07) is 15.8. The van der Waals surface area contributed by atoms with Gasteiger partial charge in [-0.15, -0.1) is 0 Å². The lowest BCUT2D eigenvalue weighted by atomic mass is 9.99. The van der Waals surface area contributed by atoms with Crippen LogP contribution >= 0.6 is 23.2 Å². The summed E-state index contributed by atoms with van der Waals surface area (Å²) in [6.45, 7) is 0. The van der Waals surface area contributed by atoms with Crippen LogP contribution in [-0.2, 0) is 10.0 Å². The first-order valence-electron chi connectivity index (χ1n) is 15.4. The van der Waals surface area contributed by atoms with Crippen molar-refractivity contribution in [2.24, 2.45) is 0 Å². The summed E-state index contributed by atoms with van der Waals surface area (Å²) >= 11 is 12.1. The van der Waals surface area contributed by atoms with Crippen LogP contribution in [0.3, 0.4) is 0 Å². The van der Waals surface area contributed by atoms with Gasteiger partial charge in [0.1, 0.15) is 45.9 Å². The van der Waals surface area contributed by atoms with Gasteiger partial charge in [-0.3, -0.25) is 9.29 Å². The molecule has 6 aromatic rings. The van der Waals surface area contributed by atoms with Gasteiger partial charge in [0.25, 0.3) is 10.0 Å². The van der Waals surface area contributed by atoms with E-state index in [1.807, 2.05) is 22.8 Å². The summed E-state index contributed by atoms with van der Waals surface area (Å²) in [5.74, 6) is -1.78. The number of rotatable bonds is 7. The van der Waals surface area contributed by atoms with E-state index in [1.54, 1.807) is 18.5 Å². The highest BCUT2D eigenvalue weighted by atomic mass is 35.5. The predicted molar refractivity (Wildman–Crippen MR) is 183 cm³/mol. The zero-order valence-corrected chi connectivity index (χ0v) is 27.7. The van der Waals surface area contributed by atoms with Crippen molar-refractivity contribution in [3.63, 3.8) is 0 Å². The quantitative estimate of drug-likeness (QED) is 0.159. The number of hydrogen-bond donors (Lipinski definition) is 3. The Labute approximate surface area is 288 Å². The molecule has 5 heterocycles. The van der Waals surface area contributed by atoms with E-state index in [-0.39, 0.29) is 44.5 Å². The largest absolute Gasteiger partial charge is 0.393 e. The number of aliphatic hydroxyl groups is 1. The number of fused-ring (bicyclic) bond motifs is 4. The van der Waals surface area contributed by atoms with Gasteiger partial charge < -0.3 is 15.3 Å². The van der Waals surface area contributed by atoms with Crippen LogP contribution in [0, 0.1) is 11.6 Å². The third-order valence-corrected chi connectivity index (χ3v) is 11.4. The van der Waals surface area contributed by atoms with Crippen LogP contribution in [0.15, 0.2) is 78.2 Å². The standard InChI is InChI=1S/C33H26Cl2F2N8O3S/c34-20-3-1-6-26(28(20)35)49(47,48)43-22-10-9-21(36)30(29(22)37)42-33-31-23(38-15-39-33)11-12-27(41-31)44-16-40-32-24(44)4-2-5-25(32)45-17-7-8-18(45)14-19(46)13-17/h1-6,9-12,15-19,43,46H,7-8,13-14H2,(H,38,39,42)/t17-,18+,19?. The van der Waals surface area contributed by atoms with Gasteiger partial charge in [-0.25, -0.2) is 37.1 Å². The number of benzene rings is 3. The zero-order valence-electron chi connectivity index (χ0n) is 25.4. The molecule has 2 aliphatic rings. The fourth-order valence-electron chi connectivity index (χ4n) is 6.87. The molecule has 11 nitrogen and oxygen atoms in total. The topological polar surface area (TPSA) is 138 Å². The minimum atomic E-state index is -4.41. The van der Waals surface area contributed by atoms with E-state index in [2.05, 4.69) is 24.9 Å². The maximum absolute atomic E-state index is 15.8. The average molecular weight is 724 g/mol. The number of pyridine rings is 1. The van der Waals surface area contributed by atoms with Crippen molar-refractivity contribution in [3.8, 4) is 5.82 Å². The van der Waals surface area contributed by atoms with E-state index < -0.39 is 33.0 Å². The number of imidazole rings is 1. The number of hydrogen-bond acceptors (Lipinski definition) is 9. The average Bonchev–Trinajstić information content (AvgIpc) is 3.63. The second-order valence-electron chi connectivity index (χ2n) is 12.0. The van der Waals surface area contributed by atoms with Crippen LogP contribution in [0.1, 0.15) is 25.7 Å². The van der Waals surface area contributed by atoms with Gasteiger partial charge in [0, 0.05) is 12.1 Å². The Balaban J connectivity index is 1.14. The number of aromatic nitrogens is 5. The number of aliphatic hydroxyl groups excluding tert-OH is 1. The highest BCUT2D eigenvalue weighted by Crippen LogP contribution is 2.42. The molecule has 2 aliphatic heterocycles. The first kappa shape index (κ1) is 31.6. The summed E-state index contributed by atoms with van der Waals surface area (Å²) in [5, 5.41) is 12.7. The van der Waals surface area contributed by atoms with Crippen molar-refractivity contribution in [2.45, 2.75) is 48.8 Å². The molecule has 8 rings (SSSR count). The molecular formula is C33H26Cl2F2N8O3S. The zero-order chi connectivity index (χ0) is 34.0. The molecule has 2 fully saturated rings.